The van der Waals surface area contributed by atoms with Crippen molar-refractivity contribution in [2.75, 3.05) is 11.4 Å². The number of imide groups is 1. The van der Waals surface area contributed by atoms with Crippen LogP contribution in [0.15, 0.2) is 18.2 Å². The molecule has 1 aliphatic heterocycles. The summed E-state index contributed by atoms with van der Waals surface area (Å²) in [6, 6.07) is 2.93. The summed E-state index contributed by atoms with van der Waals surface area (Å²) in [5, 5.41) is 2.37. The molecule has 0 spiro atoms. The zero-order chi connectivity index (χ0) is 11.0. The number of nitrogens with one attached hydrogen (secondary N) is 1. The van der Waals surface area contributed by atoms with Gasteiger partial charge in [-0.3, -0.25) is 4.79 Å². The highest BCUT2D eigenvalue weighted by molar-refractivity contribution is 6.35. The number of benzene rings is 1. The predicted octanol–water partition coefficient (Wildman–Crippen LogP) is 1.54. The maximum atomic E-state index is 12.7. The number of amides is 3. The van der Waals surface area contributed by atoms with Crippen molar-refractivity contribution in [1.82, 2.24) is 5.32 Å². The van der Waals surface area contributed by atoms with Crippen molar-refractivity contribution in [3.63, 3.8) is 0 Å². The second-order valence-electron chi connectivity index (χ2n) is 2.98. The van der Waals surface area contributed by atoms with Gasteiger partial charge in [-0.15, -0.1) is 0 Å². The van der Waals surface area contributed by atoms with Crippen LogP contribution in [0.5, 0.6) is 0 Å². The lowest BCUT2D eigenvalue weighted by molar-refractivity contribution is -0.115. The van der Waals surface area contributed by atoms with Crippen LogP contribution in [0.2, 0.25) is 5.02 Å². The second-order valence-corrected chi connectivity index (χ2v) is 3.39. The second kappa shape index (κ2) is 3.51. The quantitative estimate of drug-likeness (QED) is 0.742. The van der Waals surface area contributed by atoms with E-state index in [-0.39, 0.29) is 17.3 Å². The number of halogens is 2. The minimum Gasteiger partial charge on any atom is -0.328 e. The van der Waals surface area contributed by atoms with Crippen LogP contribution in [0.4, 0.5) is 14.9 Å². The van der Waals surface area contributed by atoms with E-state index in [4.69, 9.17) is 11.6 Å². The molecule has 0 atom stereocenters. The van der Waals surface area contributed by atoms with Crippen LogP contribution in [0.1, 0.15) is 0 Å². The minimum atomic E-state index is -0.548. The number of hydrogen-bond donors (Lipinski definition) is 1. The standard InChI is InChI=1S/C9H6ClFN2O2/c10-6-3-5(11)1-2-7(6)13-8(14)4-12-9(13)15/h1-3H,4H2,(H,12,15). The lowest BCUT2D eigenvalue weighted by Crippen LogP contribution is -2.30. The van der Waals surface area contributed by atoms with Gasteiger partial charge < -0.3 is 5.32 Å². The fourth-order valence-corrected chi connectivity index (χ4v) is 1.58. The van der Waals surface area contributed by atoms with Crippen LogP contribution >= 0.6 is 11.6 Å². The monoisotopic (exact) mass is 228 g/mol. The van der Waals surface area contributed by atoms with E-state index in [1.807, 2.05) is 0 Å². The molecular formula is C9H6ClFN2O2. The lowest BCUT2D eigenvalue weighted by atomic mass is 10.3. The maximum Gasteiger partial charge on any atom is 0.329 e. The van der Waals surface area contributed by atoms with Crippen LogP contribution in [-0.4, -0.2) is 18.5 Å². The van der Waals surface area contributed by atoms with Crippen LogP contribution in [0.25, 0.3) is 0 Å². The van der Waals surface area contributed by atoms with Crippen molar-refractivity contribution in [1.29, 1.82) is 0 Å². The molecule has 0 saturated carbocycles. The Balaban J connectivity index is 2.45. The summed E-state index contributed by atoms with van der Waals surface area (Å²) in [5.74, 6) is -0.927. The molecule has 1 aliphatic rings. The lowest BCUT2D eigenvalue weighted by Gasteiger charge is -2.13. The number of hydrogen-bond acceptors (Lipinski definition) is 2. The Bertz CT molecular complexity index is 434. The molecule has 3 amide bonds. The Hall–Kier alpha value is -1.62. The molecule has 1 heterocycles. The Labute approximate surface area is 89.6 Å². The highest BCUT2D eigenvalue weighted by atomic mass is 35.5. The average molecular weight is 229 g/mol. The van der Waals surface area contributed by atoms with Crippen LogP contribution in [0.3, 0.4) is 0 Å². The summed E-state index contributed by atoms with van der Waals surface area (Å²) < 4.78 is 12.7. The average Bonchev–Trinajstić information content (AvgIpc) is 2.48. The highest BCUT2D eigenvalue weighted by Crippen LogP contribution is 2.27. The molecule has 6 heteroatoms. The number of carbonyl (C=O) groups is 2. The Morgan fingerprint density at radius 3 is 2.67 bits per heavy atom. The van der Waals surface area contributed by atoms with E-state index in [2.05, 4.69) is 5.32 Å². The van der Waals surface area contributed by atoms with Crippen LogP contribution in [-0.2, 0) is 4.79 Å². The fourth-order valence-electron chi connectivity index (χ4n) is 1.33. The summed E-state index contributed by atoms with van der Waals surface area (Å²) in [7, 11) is 0. The Kier molecular flexibility index (Phi) is 2.32. The van der Waals surface area contributed by atoms with Crippen molar-refractivity contribution in [2.45, 2.75) is 0 Å². The van der Waals surface area contributed by atoms with E-state index < -0.39 is 17.8 Å². The highest BCUT2D eigenvalue weighted by Gasteiger charge is 2.31. The molecule has 15 heavy (non-hydrogen) atoms. The predicted molar refractivity (Wildman–Crippen MR) is 52.3 cm³/mol. The Morgan fingerprint density at radius 2 is 2.13 bits per heavy atom. The summed E-state index contributed by atoms with van der Waals surface area (Å²) in [6.45, 7) is -0.0630. The number of rotatable bonds is 1. The van der Waals surface area contributed by atoms with E-state index in [1.54, 1.807) is 0 Å². The first-order valence-corrected chi connectivity index (χ1v) is 4.53. The first-order valence-electron chi connectivity index (χ1n) is 4.15. The van der Waals surface area contributed by atoms with Gasteiger partial charge in [-0.05, 0) is 18.2 Å². The maximum absolute atomic E-state index is 12.7. The number of anilines is 1. The van der Waals surface area contributed by atoms with E-state index >= 15 is 0 Å². The molecule has 1 saturated heterocycles. The minimum absolute atomic E-state index is 0.0281. The molecule has 0 unspecified atom stereocenters. The summed E-state index contributed by atoms with van der Waals surface area (Å²) >= 11 is 5.73. The third-order valence-electron chi connectivity index (χ3n) is 1.99. The van der Waals surface area contributed by atoms with Gasteiger partial charge in [0.2, 0.25) is 0 Å². The SMILES string of the molecule is O=C1CNC(=O)N1c1ccc(F)cc1Cl. The van der Waals surface area contributed by atoms with Gasteiger partial charge in [0.05, 0.1) is 17.3 Å². The van der Waals surface area contributed by atoms with Gasteiger partial charge in [0, 0.05) is 0 Å². The third-order valence-corrected chi connectivity index (χ3v) is 2.30. The molecule has 1 fully saturated rings. The van der Waals surface area contributed by atoms with Crippen molar-refractivity contribution in [2.24, 2.45) is 0 Å². The topological polar surface area (TPSA) is 49.4 Å². The number of nitrogens with zero attached hydrogens (tertiary/aromatic N) is 1. The molecule has 1 N–H and O–H groups in total. The summed E-state index contributed by atoms with van der Waals surface area (Å²) in [5.41, 5.74) is 0.193. The van der Waals surface area contributed by atoms with Gasteiger partial charge in [0.15, 0.2) is 0 Å². The smallest absolute Gasteiger partial charge is 0.328 e. The van der Waals surface area contributed by atoms with Crippen LogP contribution < -0.4 is 10.2 Å². The van der Waals surface area contributed by atoms with E-state index in [0.29, 0.717) is 0 Å². The van der Waals surface area contributed by atoms with Crippen LogP contribution in [0, 0.1) is 5.82 Å². The molecule has 0 aliphatic carbocycles. The van der Waals surface area contributed by atoms with E-state index in [9.17, 15) is 14.0 Å². The summed E-state index contributed by atoms with van der Waals surface area (Å²) in [4.78, 5) is 23.5. The van der Waals surface area contributed by atoms with Crippen molar-refractivity contribution in [3.8, 4) is 0 Å². The zero-order valence-electron chi connectivity index (χ0n) is 7.46. The molecule has 1 aromatic carbocycles. The first-order chi connectivity index (χ1) is 7.09. The van der Waals surface area contributed by atoms with Crippen molar-refractivity contribution in [3.05, 3.63) is 29.0 Å². The first kappa shape index (κ1) is 9.92. The molecule has 1 aromatic rings. The normalized spacial score (nSPS) is 15.7. The Morgan fingerprint density at radius 1 is 1.40 bits per heavy atom. The molecule has 2 rings (SSSR count). The van der Waals surface area contributed by atoms with Crippen molar-refractivity contribution >= 4 is 29.2 Å². The molecule has 0 radical (unpaired) electrons. The fraction of sp³-hybridized carbons (Fsp3) is 0.111. The van der Waals surface area contributed by atoms with Crippen molar-refractivity contribution < 1.29 is 14.0 Å². The van der Waals surface area contributed by atoms with Gasteiger partial charge in [0.1, 0.15) is 5.82 Å². The van der Waals surface area contributed by atoms with Gasteiger partial charge in [0.25, 0.3) is 5.91 Å². The number of carbonyl (C=O) groups excluding carboxylic acids is 2. The number of urea groups is 1. The van der Waals surface area contributed by atoms with Gasteiger partial charge in [-0.25, -0.2) is 14.1 Å². The largest absolute Gasteiger partial charge is 0.329 e. The zero-order valence-corrected chi connectivity index (χ0v) is 8.21. The van der Waals surface area contributed by atoms with E-state index in [1.165, 1.54) is 6.07 Å². The van der Waals surface area contributed by atoms with Gasteiger partial charge >= 0.3 is 6.03 Å². The molecular weight excluding hydrogens is 223 g/mol. The molecule has 0 bridgehead atoms. The van der Waals surface area contributed by atoms with Gasteiger partial charge in [-0.2, -0.15) is 0 Å². The molecule has 0 aromatic heterocycles. The summed E-state index contributed by atoms with van der Waals surface area (Å²) in [6.07, 6.45) is 0. The van der Waals surface area contributed by atoms with Gasteiger partial charge in [-0.1, -0.05) is 11.6 Å². The van der Waals surface area contributed by atoms with E-state index in [0.717, 1.165) is 17.0 Å². The molecule has 4 nitrogen and oxygen atoms in total. The third kappa shape index (κ3) is 1.66. The molecule has 78 valence electrons.